The summed E-state index contributed by atoms with van der Waals surface area (Å²) in [5.41, 5.74) is 0.00897. The number of nitrogens with one attached hydrogen (secondary N) is 1. The van der Waals surface area contributed by atoms with Gasteiger partial charge in [0.2, 0.25) is 5.91 Å². The van der Waals surface area contributed by atoms with Crippen molar-refractivity contribution in [2.75, 3.05) is 19.6 Å². The van der Waals surface area contributed by atoms with Crippen molar-refractivity contribution in [3.8, 4) is 0 Å². The van der Waals surface area contributed by atoms with Crippen LogP contribution >= 0.6 is 0 Å². The maximum atomic E-state index is 12.1. The zero-order chi connectivity index (χ0) is 14.5. The Hall–Kier alpha value is -1.10. The summed E-state index contributed by atoms with van der Waals surface area (Å²) in [6, 6.07) is 0. The maximum absolute atomic E-state index is 12.1. The Balaban J connectivity index is 2.38. The van der Waals surface area contributed by atoms with Crippen LogP contribution in [0, 0.1) is 5.92 Å². The first-order valence-electron chi connectivity index (χ1n) is 7.17. The molecular weight excluding hydrogens is 244 g/mol. The van der Waals surface area contributed by atoms with Gasteiger partial charge in [-0.25, -0.2) is 0 Å². The van der Waals surface area contributed by atoms with Crippen LogP contribution in [-0.4, -0.2) is 47.1 Å². The Labute approximate surface area is 115 Å². The molecule has 0 bridgehead atoms. The second-order valence-corrected chi connectivity index (χ2v) is 5.61. The smallest absolute Gasteiger partial charge is 0.306 e. The molecule has 110 valence electrons. The number of nitrogens with zero attached hydrogens (tertiary/aromatic N) is 1. The third-order valence-corrected chi connectivity index (χ3v) is 4.42. The normalized spacial score (nSPS) is 17.5. The molecule has 1 rings (SSSR count). The van der Waals surface area contributed by atoms with Crippen LogP contribution in [0.5, 0.6) is 0 Å². The summed E-state index contributed by atoms with van der Waals surface area (Å²) in [7, 11) is 0. The molecule has 5 nitrogen and oxygen atoms in total. The van der Waals surface area contributed by atoms with Crippen LogP contribution in [0.4, 0.5) is 0 Å². The van der Waals surface area contributed by atoms with Crippen molar-refractivity contribution in [2.24, 2.45) is 5.92 Å². The van der Waals surface area contributed by atoms with Gasteiger partial charge in [0.15, 0.2) is 0 Å². The molecule has 1 aliphatic heterocycles. The van der Waals surface area contributed by atoms with Crippen molar-refractivity contribution in [3.05, 3.63) is 0 Å². The Morgan fingerprint density at radius 2 is 1.79 bits per heavy atom. The Morgan fingerprint density at radius 3 is 2.21 bits per heavy atom. The number of aliphatic carboxylic acids is 1. The van der Waals surface area contributed by atoms with Gasteiger partial charge in [-0.05, 0) is 32.6 Å². The van der Waals surface area contributed by atoms with Crippen molar-refractivity contribution in [2.45, 2.75) is 52.0 Å². The fraction of sp³-hybridized carbons (Fsp3) is 0.857. The van der Waals surface area contributed by atoms with E-state index in [-0.39, 0.29) is 17.4 Å². The van der Waals surface area contributed by atoms with E-state index < -0.39 is 5.97 Å². The highest BCUT2D eigenvalue weighted by molar-refractivity contribution is 5.79. The minimum absolute atomic E-state index is 0.00897. The van der Waals surface area contributed by atoms with E-state index in [1.165, 1.54) is 0 Å². The van der Waals surface area contributed by atoms with E-state index in [1.54, 1.807) is 4.90 Å². The van der Waals surface area contributed by atoms with E-state index in [0.717, 1.165) is 12.8 Å². The third kappa shape index (κ3) is 4.49. The summed E-state index contributed by atoms with van der Waals surface area (Å²) in [6.07, 6.45) is 3.11. The molecule has 0 spiro atoms. The van der Waals surface area contributed by atoms with Crippen molar-refractivity contribution < 1.29 is 14.7 Å². The van der Waals surface area contributed by atoms with Crippen LogP contribution in [0.2, 0.25) is 0 Å². The molecule has 0 aromatic carbocycles. The molecule has 0 aromatic rings. The number of likely N-dealkylation sites (tertiary alicyclic amines) is 1. The molecule has 1 saturated heterocycles. The van der Waals surface area contributed by atoms with Crippen LogP contribution < -0.4 is 5.32 Å². The Morgan fingerprint density at radius 1 is 1.26 bits per heavy atom. The number of carbonyl (C=O) groups is 2. The van der Waals surface area contributed by atoms with Crippen LogP contribution in [-0.2, 0) is 9.59 Å². The molecule has 0 aromatic heterocycles. The van der Waals surface area contributed by atoms with Crippen LogP contribution in [0.25, 0.3) is 0 Å². The molecule has 0 aliphatic carbocycles. The molecule has 19 heavy (non-hydrogen) atoms. The predicted octanol–water partition coefficient (Wildman–Crippen LogP) is 1.48. The number of hydrogen-bond acceptors (Lipinski definition) is 3. The molecule has 0 saturated carbocycles. The molecule has 1 aliphatic rings. The zero-order valence-electron chi connectivity index (χ0n) is 12.2. The van der Waals surface area contributed by atoms with E-state index in [9.17, 15) is 9.59 Å². The standard InChI is InChI=1S/C14H26N2O3/c1-4-14(3,5-2)15-10-12(17)16-8-6-11(7-9-16)13(18)19/h11,15H,4-10H2,1-3H3,(H,18,19). The summed E-state index contributed by atoms with van der Waals surface area (Å²) in [5, 5.41) is 12.2. The number of carbonyl (C=O) groups excluding carboxylic acids is 1. The fourth-order valence-corrected chi connectivity index (χ4v) is 2.28. The first kappa shape index (κ1) is 16.0. The molecule has 0 unspecified atom stereocenters. The number of rotatable bonds is 6. The number of piperidine rings is 1. The van der Waals surface area contributed by atoms with Gasteiger partial charge in [-0.2, -0.15) is 0 Å². The zero-order valence-corrected chi connectivity index (χ0v) is 12.2. The van der Waals surface area contributed by atoms with E-state index in [1.807, 2.05) is 0 Å². The van der Waals surface area contributed by atoms with Gasteiger partial charge in [0.25, 0.3) is 0 Å². The average molecular weight is 270 g/mol. The lowest BCUT2D eigenvalue weighted by molar-refractivity contribution is -0.145. The van der Waals surface area contributed by atoms with Crippen LogP contribution in [0.15, 0.2) is 0 Å². The van der Waals surface area contributed by atoms with Crippen molar-refractivity contribution in [1.82, 2.24) is 10.2 Å². The fourth-order valence-electron chi connectivity index (χ4n) is 2.28. The van der Waals surface area contributed by atoms with Gasteiger partial charge in [0, 0.05) is 18.6 Å². The minimum Gasteiger partial charge on any atom is -0.481 e. The van der Waals surface area contributed by atoms with Gasteiger partial charge < -0.3 is 15.3 Å². The van der Waals surface area contributed by atoms with Gasteiger partial charge >= 0.3 is 5.97 Å². The molecule has 1 amide bonds. The van der Waals surface area contributed by atoms with Crippen molar-refractivity contribution in [3.63, 3.8) is 0 Å². The molecule has 2 N–H and O–H groups in total. The quantitative estimate of drug-likeness (QED) is 0.767. The number of carboxylic acid groups (broad SMARTS) is 1. The molecule has 0 radical (unpaired) electrons. The van der Waals surface area contributed by atoms with E-state index in [2.05, 4.69) is 26.1 Å². The lowest BCUT2D eigenvalue weighted by Crippen LogP contribution is -2.49. The van der Waals surface area contributed by atoms with Gasteiger partial charge in [0.1, 0.15) is 0 Å². The van der Waals surface area contributed by atoms with E-state index in [4.69, 9.17) is 5.11 Å². The van der Waals surface area contributed by atoms with E-state index in [0.29, 0.717) is 32.5 Å². The number of amides is 1. The van der Waals surface area contributed by atoms with Crippen LogP contribution in [0.1, 0.15) is 46.5 Å². The SMILES string of the molecule is CCC(C)(CC)NCC(=O)N1CCC(C(=O)O)CC1. The van der Waals surface area contributed by atoms with Crippen LogP contribution in [0.3, 0.4) is 0 Å². The second kappa shape index (κ2) is 6.89. The second-order valence-electron chi connectivity index (χ2n) is 5.61. The largest absolute Gasteiger partial charge is 0.481 e. The minimum atomic E-state index is -0.741. The van der Waals surface area contributed by atoms with Gasteiger partial charge in [-0.3, -0.25) is 9.59 Å². The summed E-state index contributed by atoms with van der Waals surface area (Å²) >= 11 is 0. The van der Waals surface area contributed by atoms with Gasteiger partial charge in [0.05, 0.1) is 12.5 Å². The number of hydrogen-bond donors (Lipinski definition) is 2. The lowest BCUT2D eigenvalue weighted by Gasteiger charge is -2.33. The lowest BCUT2D eigenvalue weighted by atomic mass is 9.95. The molecule has 1 fully saturated rings. The summed E-state index contributed by atoms with van der Waals surface area (Å²) in [5.74, 6) is -0.944. The summed E-state index contributed by atoms with van der Waals surface area (Å²) in [6.45, 7) is 7.81. The molecule has 0 atom stereocenters. The van der Waals surface area contributed by atoms with Gasteiger partial charge in [-0.15, -0.1) is 0 Å². The highest BCUT2D eigenvalue weighted by atomic mass is 16.4. The highest BCUT2D eigenvalue weighted by Crippen LogP contribution is 2.18. The molecule has 5 heteroatoms. The average Bonchev–Trinajstić information content (AvgIpc) is 2.44. The molecular formula is C14H26N2O3. The Kier molecular flexibility index (Phi) is 5.79. The van der Waals surface area contributed by atoms with Crippen molar-refractivity contribution in [1.29, 1.82) is 0 Å². The van der Waals surface area contributed by atoms with E-state index >= 15 is 0 Å². The molecule has 1 heterocycles. The highest BCUT2D eigenvalue weighted by Gasteiger charge is 2.28. The summed E-state index contributed by atoms with van der Waals surface area (Å²) in [4.78, 5) is 24.7. The number of carboxylic acids is 1. The Bertz CT molecular complexity index is 319. The third-order valence-electron chi connectivity index (χ3n) is 4.42. The predicted molar refractivity (Wildman–Crippen MR) is 73.9 cm³/mol. The summed E-state index contributed by atoms with van der Waals surface area (Å²) < 4.78 is 0. The first-order chi connectivity index (χ1) is 8.91. The van der Waals surface area contributed by atoms with Gasteiger partial charge in [-0.1, -0.05) is 13.8 Å². The maximum Gasteiger partial charge on any atom is 0.306 e. The van der Waals surface area contributed by atoms with Crippen molar-refractivity contribution >= 4 is 11.9 Å². The monoisotopic (exact) mass is 270 g/mol. The topological polar surface area (TPSA) is 69.6 Å². The first-order valence-corrected chi connectivity index (χ1v) is 7.17.